The smallest absolute Gasteiger partial charge is 0.222 e. The lowest BCUT2D eigenvalue weighted by Gasteiger charge is -2.16. The van der Waals surface area contributed by atoms with Crippen LogP contribution < -0.4 is 5.32 Å². The van der Waals surface area contributed by atoms with Crippen LogP contribution in [0.2, 0.25) is 0 Å². The summed E-state index contributed by atoms with van der Waals surface area (Å²) in [6, 6.07) is 3.91. The van der Waals surface area contributed by atoms with E-state index in [1.54, 1.807) is 6.07 Å². The first-order valence-electron chi connectivity index (χ1n) is 7.46. The Bertz CT molecular complexity index is 493. The van der Waals surface area contributed by atoms with Crippen molar-refractivity contribution in [2.24, 2.45) is 5.92 Å². The number of hydrogen-bond donors (Lipinski definition) is 1. The van der Waals surface area contributed by atoms with Gasteiger partial charge in [-0.15, -0.1) is 0 Å². The largest absolute Gasteiger partial charge is 0.342 e. The first-order chi connectivity index (χ1) is 10.1. The van der Waals surface area contributed by atoms with Crippen LogP contribution in [-0.4, -0.2) is 37.5 Å². The van der Waals surface area contributed by atoms with E-state index in [4.69, 9.17) is 0 Å². The zero-order valence-corrected chi connectivity index (χ0v) is 12.4. The number of nitrogens with one attached hydrogen (secondary N) is 1. The summed E-state index contributed by atoms with van der Waals surface area (Å²) in [5.41, 5.74) is 0.733. The highest BCUT2D eigenvalue weighted by Crippen LogP contribution is 2.17. The molecule has 1 heterocycles. The van der Waals surface area contributed by atoms with E-state index < -0.39 is 11.6 Å². The van der Waals surface area contributed by atoms with E-state index >= 15 is 0 Å². The predicted molar refractivity (Wildman–Crippen MR) is 77.9 cm³/mol. The fourth-order valence-corrected chi connectivity index (χ4v) is 2.81. The Balaban J connectivity index is 1.73. The number of rotatable bonds is 6. The quantitative estimate of drug-likeness (QED) is 0.874. The summed E-state index contributed by atoms with van der Waals surface area (Å²) in [4.78, 5) is 14.0. The Morgan fingerprint density at radius 1 is 1.38 bits per heavy atom. The molecule has 1 aliphatic rings. The summed E-state index contributed by atoms with van der Waals surface area (Å²) in [6.07, 6.45) is 2.77. The van der Waals surface area contributed by atoms with Gasteiger partial charge in [0.2, 0.25) is 5.91 Å². The van der Waals surface area contributed by atoms with Crippen LogP contribution in [-0.2, 0) is 11.2 Å². The number of likely N-dealkylation sites (tertiary alicyclic amines) is 1. The number of hydrogen-bond acceptors (Lipinski definition) is 2. The molecular formula is C16H22F2N2O. The molecule has 0 spiro atoms. The molecule has 1 aliphatic heterocycles. The van der Waals surface area contributed by atoms with Crippen molar-refractivity contribution in [2.75, 3.05) is 26.7 Å². The van der Waals surface area contributed by atoms with Crippen molar-refractivity contribution in [3.63, 3.8) is 0 Å². The Labute approximate surface area is 124 Å². The second kappa shape index (κ2) is 7.50. The molecule has 0 aliphatic carbocycles. The van der Waals surface area contributed by atoms with Crippen molar-refractivity contribution in [3.05, 3.63) is 35.4 Å². The summed E-state index contributed by atoms with van der Waals surface area (Å²) < 4.78 is 25.9. The normalized spacial score (nSPS) is 18.2. The van der Waals surface area contributed by atoms with E-state index in [1.807, 2.05) is 11.9 Å². The molecule has 1 atom stereocenters. The lowest BCUT2D eigenvalue weighted by Crippen LogP contribution is -2.30. The number of aryl methyl sites for hydroxylation is 1. The second-order valence-corrected chi connectivity index (χ2v) is 5.65. The van der Waals surface area contributed by atoms with Crippen molar-refractivity contribution in [1.82, 2.24) is 10.2 Å². The highest BCUT2D eigenvalue weighted by molar-refractivity contribution is 5.76. The van der Waals surface area contributed by atoms with Gasteiger partial charge >= 0.3 is 0 Å². The van der Waals surface area contributed by atoms with Gasteiger partial charge in [0.25, 0.3) is 0 Å². The van der Waals surface area contributed by atoms with E-state index in [0.29, 0.717) is 25.2 Å². The Morgan fingerprint density at radius 2 is 2.19 bits per heavy atom. The van der Waals surface area contributed by atoms with E-state index in [9.17, 15) is 13.6 Å². The first kappa shape index (κ1) is 15.9. The molecule has 0 bridgehead atoms. The molecule has 0 saturated carbocycles. The molecule has 1 saturated heterocycles. The summed E-state index contributed by atoms with van der Waals surface area (Å²) in [5, 5.41) is 3.14. The maximum Gasteiger partial charge on any atom is 0.222 e. The molecule has 1 aromatic carbocycles. The fraction of sp³-hybridized carbons (Fsp3) is 0.562. The van der Waals surface area contributed by atoms with Crippen LogP contribution in [0.4, 0.5) is 8.78 Å². The lowest BCUT2D eigenvalue weighted by molar-refractivity contribution is -0.130. The van der Waals surface area contributed by atoms with Gasteiger partial charge < -0.3 is 10.2 Å². The maximum atomic E-state index is 13.1. The van der Waals surface area contributed by atoms with Crippen molar-refractivity contribution in [2.45, 2.75) is 25.7 Å². The molecule has 1 fully saturated rings. The zero-order valence-electron chi connectivity index (χ0n) is 12.4. The van der Waals surface area contributed by atoms with Crippen molar-refractivity contribution >= 4 is 5.91 Å². The summed E-state index contributed by atoms with van der Waals surface area (Å²) in [6.45, 7) is 2.60. The Hall–Kier alpha value is -1.49. The van der Waals surface area contributed by atoms with Gasteiger partial charge in [0.1, 0.15) is 0 Å². The summed E-state index contributed by atoms with van der Waals surface area (Å²) in [5.74, 6) is -0.947. The van der Waals surface area contributed by atoms with E-state index in [-0.39, 0.29) is 5.91 Å². The second-order valence-electron chi connectivity index (χ2n) is 5.65. The van der Waals surface area contributed by atoms with Gasteiger partial charge in [-0.25, -0.2) is 8.78 Å². The highest BCUT2D eigenvalue weighted by atomic mass is 19.2. The van der Waals surface area contributed by atoms with E-state index in [1.165, 1.54) is 6.07 Å². The van der Waals surface area contributed by atoms with Gasteiger partial charge in [-0.3, -0.25) is 4.79 Å². The van der Waals surface area contributed by atoms with Gasteiger partial charge in [-0.2, -0.15) is 0 Å². The maximum absolute atomic E-state index is 13.1. The number of carbonyl (C=O) groups is 1. The monoisotopic (exact) mass is 296 g/mol. The molecule has 1 N–H and O–H groups in total. The van der Waals surface area contributed by atoms with E-state index in [2.05, 4.69) is 5.32 Å². The minimum atomic E-state index is -0.831. The minimum absolute atomic E-state index is 0.163. The number of carbonyl (C=O) groups excluding carboxylic acids is 1. The number of amides is 1. The lowest BCUT2D eigenvalue weighted by atomic mass is 10.1. The molecule has 5 heteroatoms. The standard InChI is InChI=1S/C16H22F2N2O/c1-19-10-13-7-8-20(11-13)16(21)4-2-3-12-5-6-14(17)15(18)9-12/h5-6,9,13,19H,2-4,7-8,10-11H2,1H3. The topological polar surface area (TPSA) is 32.3 Å². The van der Waals surface area contributed by atoms with Crippen LogP contribution in [0, 0.1) is 17.6 Å². The van der Waals surface area contributed by atoms with Crippen LogP contribution in [0.1, 0.15) is 24.8 Å². The molecule has 0 radical (unpaired) electrons. The molecule has 1 amide bonds. The first-order valence-corrected chi connectivity index (χ1v) is 7.46. The Kier molecular flexibility index (Phi) is 5.67. The van der Waals surface area contributed by atoms with Crippen LogP contribution in [0.15, 0.2) is 18.2 Å². The van der Waals surface area contributed by atoms with Crippen molar-refractivity contribution in [3.8, 4) is 0 Å². The van der Waals surface area contributed by atoms with Crippen LogP contribution >= 0.6 is 0 Å². The van der Waals surface area contributed by atoms with E-state index in [0.717, 1.165) is 37.7 Å². The molecule has 0 aromatic heterocycles. The van der Waals surface area contributed by atoms with Gasteiger partial charge in [0.05, 0.1) is 0 Å². The van der Waals surface area contributed by atoms with Crippen molar-refractivity contribution in [1.29, 1.82) is 0 Å². The Morgan fingerprint density at radius 3 is 2.90 bits per heavy atom. The van der Waals surface area contributed by atoms with Gasteiger partial charge in [0, 0.05) is 19.5 Å². The molecule has 21 heavy (non-hydrogen) atoms. The van der Waals surface area contributed by atoms with Crippen LogP contribution in [0.5, 0.6) is 0 Å². The fourth-order valence-electron chi connectivity index (χ4n) is 2.81. The predicted octanol–water partition coefficient (Wildman–Crippen LogP) is 2.36. The molecule has 116 valence electrons. The van der Waals surface area contributed by atoms with Gasteiger partial charge in [0.15, 0.2) is 11.6 Å². The van der Waals surface area contributed by atoms with Crippen molar-refractivity contribution < 1.29 is 13.6 Å². The molecular weight excluding hydrogens is 274 g/mol. The third-order valence-electron chi connectivity index (χ3n) is 3.97. The number of nitrogens with zero attached hydrogens (tertiary/aromatic N) is 1. The zero-order chi connectivity index (χ0) is 15.2. The molecule has 1 aromatic rings. The average molecular weight is 296 g/mol. The van der Waals surface area contributed by atoms with Crippen LogP contribution in [0.3, 0.4) is 0 Å². The summed E-state index contributed by atoms with van der Waals surface area (Å²) >= 11 is 0. The third kappa shape index (κ3) is 4.49. The number of benzene rings is 1. The third-order valence-corrected chi connectivity index (χ3v) is 3.97. The van der Waals surface area contributed by atoms with Gasteiger partial charge in [-0.1, -0.05) is 6.07 Å². The molecule has 2 rings (SSSR count). The average Bonchev–Trinajstić information content (AvgIpc) is 2.92. The van der Waals surface area contributed by atoms with Crippen LogP contribution in [0.25, 0.3) is 0 Å². The minimum Gasteiger partial charge on any atom is -0.342 e. The van der Waals surface area contributed by atoms with Gasteiger partial charge in [-0.05, 0) is 56.5 Å². The highest BCUT2D eigenvalue weighted by Gasteiger charge is 2.25. The SMILES string of the molecule is CNCC1CCN(C(=O)CCCc2ccc(F)c(F)c2)C1. The molecule has 1 unspecified atom stereocenters. The number of halogens is 2. The summed E-state index contributed by atoms with van der Waals surface area (Å²) in [7, 11) is 1.92. The molecule has 3 nitrogen and oxygen atoms in total.